The lowest BCUT2D eigenvalue weighted by Gasteiger charge is -2.26. The number of nitrogens with zero attached hydrogens (tertiary/aromatic N) is 1. The number of halogens is 2. The van der Waals surface area contributed by atoms with Gasteiger partial charge in [-0.1, -0.05) is 35.3 Å². The second-order valence-electron chi connectivity index (χ2n) is 7.90. The molecule has 188 valence electrons. The van der Waals surface area contributed by atoms with E-state index in [9.17, 15) is 18.3 Å². The molecule has 1 heterocycles. The van der Waals surface area contributed by atoms with Gasteiger partial charge >= 0.3 is 0 Å². The number of anilines is 2. The number of fused-ring (bicyclic) bond motifs is 1. The van der Waals surface area contributed by atoms with Crippen molar-refractivity contribution in [1.29, 1.82) is 0 Å². The van der Waals surface area contributed by atoms with Gasteiger partial charge in [-0.25, -0.2) is 8.42 Å². The maximum absolute atomic E-state index is 13.5. The highest BCUT2D eigenvalue weighted by molar-refractivity contribution is 7.93. The van der Waals surface area contributed by atoms with E-state index < -0.39 is 27.4 Å². The Kier molecular flexibility index (Phi) is 7.35. The molecule has 3 aromatic rings. The summed E-state index contributed by atoms with van der Waals surface area (Å²) in [6, 6.07) is 16.0. The summed E-state index contributed by atoms with van der Waals surface area (Å²) < 4.78 is 38.8. The molecular formula is C25H22Cl2N2O6S. The van der Waals surface area contributed by atoms with Crippen molar-refractivity contribution < 1.29 is 27.8 Å². The third kappa shape index (κ3) is 5.23. The maximum atomic E-state index is 13.5. The first-order valence-corrected chi connectivity index (χ1v) is 13.0. The summed E-state index contributed by atoms with van der Waals surface area (Å²) in [6.07, 6.45) is 0. The smallest absolute Gasteiger partial charge is 0.259 e. The van der Waals surface area contributed by atoms with Gasteiger partial charge in [-0.15, -0.1) is 0 Å². The zero-order chi connectivity index (χ0) is 26.0. The zero-order valence-corrected chi connectivity index (χ0v) is 21.6. The Morgan fingerprint density at radius 1 is 0.972 bits per heavy atom. The molecule has 1 aliphatic rings. The number of aliphatic hydroxyl groups excluding tert-OH is 1. The van der Waals surface area contributed by atoms with Crippen LogP contribution in [0.1, 0.15) is 11.1 Å². The van der Waals surface area contributed by atoms with Crippen molar-refractivity contribution in [2.75, 3.05) is 29.6 Å². The predicted octanol–water partition coefficient (Wildman–Crippen LogP) is 5.27. The summed E-state index contributed by atoms with van der Waals surface area (Å²) in [7, 11) is -1.29. The van der Waals surface area contributed by atoms with Crippen LogP contribution in [0.15, 0.2) is 66.4 Å². The topological polar surface area (TPSA) is 105 Å². The van der Waals surface area contributed by atoms with Crippen LogP contribution in [0.4, 0.5) is 11.4 Å². The van der Waals surface area contributed by atoms with E-state index in [4.69, 9.17) is 32.7 Å². The number of methoxy groups -OCH3 is 2. The number of benzene rings is 3. The number of carbonyl (C=O) groups excluding carboxylic acids is 1. The average molecular weight is 549 g/mol. The maximum Gasteiger partial charge on any atom is 0.259 e. The Bertz CT molecular complexity index is 1440. The van der Waals surface area contributed by atoms with Crippen LogP contribution in [0, 0.1) is 0 Å². The molecule has 0 atom stereocenters. The van der Waals surface area contributed by atoms with Gasteiger partial charge in [0.1, 0.15) is 11.5 Å². The van der Waals surface area contributed by atoms with Crippen molar-refractivity contribution in [3.63, 3.8) is 0 Å². The molecule has 2 N–H and O–H groups in total. The minimum Gasteiger partial charge on any atom is -0.510 e. The van der Waals surface area contributed by atoms with E-state index in [1.54, 1.807) is 48.5 Å². The van der Waals surface area contributed by atoms with Crippen LogP contribution in [0.25, 0.3) is 5.57 Å². The lowest BCUT2D eigenvalue weighted by atomic mass is 10.00. The van der Waals surface area contributed by atoms with Gasteiger partial charge in [-0.3, -0.25) is 9.10 Å². The second kappa shape index (κ2) is 10.3. The second-order valence-corrected chi connectivity index (χ2v) is 10.7. The molecule has 0 bridgehead atoms. The van der Waals surface area contributed by atoms with Gasteiger partial charge in [-0.2, -0.15) is 0 Å². The largest absolute Gasteiger partial charge is 0.510 e. The lowest BCUT2D eigenvalue weighted by molar-refractivity contribution is -0.111. The average Bonchev–Trinajstić information content (AvgIpc) is 2.92. The monoisotopic (exact) mass is 548 g/mol. The molecule has 36 heavy (non-hydrogen) atoms. The van der Waals surface area contributed by atoms with E-state index >= 15 is 0 Å². The fourth-order valence-electron chi connectivity index (χ4n) is 3.82. The third-order valence-electron chi connectivity index (χ3n) is 5.55. The minimum atomic E-state index is -4.12. The van der Waals surface area contributed by atoms with Crippen molar-refractivity contribution in [3.8, 4) is 11.5 Å². The Balaban J connectivity index is 1.88. The molecule has 0 radical (unpaired) electrons. The normalized spacial score (nSPS) is 14.6. The van der Waals surface area contributed by atoms with Crippen LogP contribution < -0.4 is 19.1 Å². The van der Waals surface area contributed by atoms with Crippen LogP contribution in [0.3, 0.4) is 0 Å². The van der Waals surface area contributed by atoms with Gasteiger partial charge in [0.15, 0.2) is 11.5 Å². The van der Waals surface area contributed by atoms with Crippen molar-refractivity contribution >= 4 is 56.1 Å². The number of amides is 1. The predicted molar refractivity (Wildman–Crippen MR) is 141 cm³/mol. The molecule has 0 fully saturated rings. The van der Waals surface area contributed by atoms with Gasteiger partial charge < -0.3 is 19.9 Å². The van der Waals surface area contributed by atoms with Crippen molar-refractivity contribution in [3.05, 3.63) is 87.6 Å². The quantitative estimate of drug-likeness (QED) is 0.434. The van der Waals surface area contributed by atoms with E-state index in [0.717, 1.165) is 4.31 Å². The molecule has 4 rings (SSSR count). The molecule has 1 aliphatic heterocycles. The van der Waals surface area contributed by atoms with Gasteiger partial charge in [0.2, 0.25) is 10.0 Å². The molecule has 0 saturated heterocycles. The fourth-order valence-corrected chi connectivity index (χ4v) is 5.52. The van der Waals surface area contributed by atoms with Gasteiger partial charge in [0.25, 0.3) is 5.91 Å². The first-order chi connectivity index (χ1) is 17.1. The standard InChI is InChI=1S/C25H22Cl2N2O6S/c1-34-22-11-19-20(12-23(22)35-2)29(13-15-3-5-16(26)6-4-15)36(32,33)14-21(30)24(19)25(31)28-18-9-7-17(27)8-10-18/h3-12,30H,13-14H2,1-2H3,(H,28,31). The molecule has 0 unspecified atom stereocenters. The van der Waals surface area contributed by atoms with E-state index in [2.05, 4.69) is 5.32 Å². The van der Waals surface area contributed by atoms with Gasteiger partial charge in [0, 0.05) is 27.4 Å². The molecule has 3 aromatic carbocycles. The summed E-state index contributed by atoms with van der Waals surface area (Å²) >= 11 is 11.9. The number of hydrogen-bond donors (Lipinski definition) is 2. The van der Waals surface area contributed by atoms with Gasteiger partial charge in [0.05, 0.1) is 32.0 Å². The highest BCUT2D eigenvalue weighted by Crippen LogP contribution is 2.43. The Hall–Kier alpha value is -3.40. The van der Waals surface area contributed by atoms with Crippen molar-refractivity contribution in [1.82, 2.24) is 0 Å². The van der Waals surface area contributed by atoms with Crippen LogP contribution in [0.5, 0.6) is 11.5 Å². The van der Waals surface area contributed by atoms with Gasteiger partial charge in [-0.05, 0) is 48.0 Å². The van der Waals surface area contributed by atoms with Crippen molar-refractivity contribution in [2.24, 2.45) is 0 Å². The van der Waals surface area contributed by atoms with Crippen LogP contribution in [0.2, 0.25) is 10.0 Å². The molecule has 1 amide bonds. The van der Waals surface area contributed by atoms with Crippen LogP contribution in [-0.4, -0.2) is 39.4 Å². The summed E-state index contributed by atoms with van der Waals surface area (Å²) in [5, 5.41) is 14.6. The first-order valence-electron chi connectivity index (χ1n) is 10.6. The molecule has 0 aromatic heterocycles. The fraction of sp³-hybridized carbons (Fsp3) is 0.160. The Morgan fingerprint density at radius 3 is 2.11 bits per heavy atom. The third-order valence-corrected chi connectivity index (χ3v) is 7.69. The van der Waals surface area contributed by atoms with Crippen LogP contribution in [-0.2, 0) is 21.4 Å². The summed E-state index contributed by atoms with van der Waals surface area (Å²) in [4.78, 5) is 13.4. The SMILES string of the molecule is COc1cc2c(cc1OC)N(Cc1ccc(Cl)cc1)S(=O)(=O)CC(O)=C2C(=O)Nc1ccc(Cl)cc1. The number of hydrogen-bond acceptors (Lipinski definition) is 6. The number of aliphatic hydroxyl groups is 1. The summed E-state index contributed by atoms with van der Waals surface area (Å²) in [5.41, 5.74) is 1.16. The number of carbonyl (C=O) groups is 1. The molecular weight excluding hydrogens is 527 g/mol. The molecule has 11 heteroatoms. The summed E-state index contributed by atoms with van der Waals surface area (Å²) in [5.74, 6) is -1.58. The van der Waals surface area contributed by atoms with Crippen LogP contribution >= 0.6 is 23.2 Å². The summed E-state index contributed by atoms with van der Waals surface area (Å²) in [6.45, 7) is -0.0681. The number of rotatable bonds is 6. The highest BCUT2D eigenvalue weighted by atomic mass is 35.5. The zero-order valence-electron chi connectivity index (χ0n) is 19.3. The molecule has 0 saturated carbocycles. The van der Waals surface area contributed by atoms with E-state index in [1.165, 1.54) is 26.4 Å². The number of nitrogens with one attached hydrogen (secondary N) is 1. The van der Waals surface area contributed by atoms with E-state index in [-0.39, 0.29) is 34.9 Å². The van der Waals surface area contributed by atoms with Crippen molar-refractivity contribution in [2.45, 2.75) is 6.54 Å². The minimum absolute atomic E-state index is 0.0681. The molecule has 8 nitrogen and oxygen atoms in total. The highest BCUT2D eigenvalue weighted by Gasteiger charge is 2.36. The Morgan fingerprint density at radius 2 is 1.53 bits per heavy atom. The van der Waals surface area contributed by atoms with E-state index in [1.807, 2.05) is 0 Å². The number of sulfonamides is 1. The van der Waals surface area contributed by atoms with E-state index in [0.29, 0.717) is 21.3 Å². The molecule has 0 aliphatic carbocycles. The molecule has 0 spiro atoms. The number of ether oxygens (including phenoxy) is 2. The Labute approximate surface area is 218 Å². The first kappa shape index (κ1) is 25.7. The lowest BCUT2D eigenvalue weighted by Crippen LogP contribution is -2.32.